The lowest BCUT2D eigenvalue weighted by Gasteiger charge is -2.55. The van der Waals surface area contributed by atoms with Crippen molar-refractivity contribution in [3.63, 3.8) is 0 Å². The van der Waals surface area contributed by atoms with Crippen LogP contribution in [0.4, 0.5) is 22.7 Å². The van der Waals surface area contributed by atoms with Crippen molar-refractivity contribution < 1.29 is 0 Å². The molecule has 0 N–H and O–H groups in total. The number of hydrogen-bond donors (Lipinski definition) is 0. The molecule has 0 spiro atoms. The molecule has 0 saturated heterocycles. The van der Waals surface area contributed by atoms with Gasteiger partial charge in [0.15, 0.2) is 0 Å². The molecule has 0 unspecified atom stereocenters. The first kappa shape index (κ1) is 24.2. The predicted molar refractivity (Wildman–Crippen MR) is 155 cm³/mol. The summed E-state index contributed by atoms with van der Waals surface area (Å²) in [5.74, 6) is 0. The first-order valence-corrected chi connectivity index (χ1v) is 13.3. The zero-order valence-electron chi connectivity index (χ0n) is 22.2. The molecule has 4 aromatic carbocycles. The van der Waals surface area contributed by atoms with Crippen LogP contribution < -0.4 is 9.80 Å². The van der Waals surface area contributed by atoms with Gasteiger partial charge in [-0.05, 0) is 102 Å². The van der Waals surface area contributed by atoms with E-state index in [1.807, 2.05) is 0 Å². The Hall–Kier alpha value is -3.52. The van der Waals surface area contributed by atoms with Gasteiger partial charge in [-0.25, -0.2) is 0 Å². The van der Waals surface area contributed by atoms with Crippen LogP contribution >= 0.6 is 0 Å². The topological polar surface area (TPSA) is 6.48 Å². The molecule has 0 radical (unpaired) electrons. The fraction of sp³-hybridized carbons (Fsp3) is 0.294. The van der Waals surface area contributed by atoms with Gasteiger partial charge in [0.05, 0.1) is 0 Å². The predicted octanol–water partition coefficient (Wildman–Crippen LogP) is 9.56. The summed E-state index contributed by atoms with van der Waals surface area (Å²) in [7, 11) is 0. The highest BCUT2D eigenvalue weighted by Gasteiger charge is 2.45. The van der Waals surface area contributed by atoms with Gasteiger partial charge in [-0.1, -0.05) is 77.2 Å². The number of benzene rings is 4. The van der Waals surface area contributed by atoms with Gasteiger partial charge >= 0.3 is 0 Å². The van der Waals surface area contributed by atoms with E-state index >= 15 is 0 Å². The van der Waals surface area contributed by atoms with Gasteiger partial charge in [0, 0.05) is 22.7 Å². The molecule has 36 heavy (non-hydrogen) atoms. The summed E-state index contributed by atoms with van der Waals surface area (Å²) in [6.07, 6.45) is 5.89. The molecule has 184 valence electrons. The third kappa shape index (κ3) is 4.78. The van der Waals surface area contributed by atoms with Crippen molar-refractivity contribution in [2.24, 2.45) is 0 Å². The van der Waals surface area contributed by atoms with Crippen LogP contribution in [-0.2, 0) is 0 Å². The van der Waals surface area contributed by atoms with Crippen LogP contribution in [0.2, 0.25) is 0 Å². The van der Waals surface area contributed by atoms with Gasteiger partial charge in [-0.2, -0.15) is 0 Å². The van der Waals surface area contributed by atoms with Gasteiger partial charge in [0.1, 0.15) is 5.66 Å². The van der Waals surface area contributed by atoms with E-state index in [1.165, 1.54) is 64.3 Å². The van der Waals surface area contributed by atoms with Crippen molar-refractivity contribution >= 4 is 22.7 Å². The van der Waals surface area contributed by atoms with Crippen molar-refractivity contribution in [2.75, 3.05) is 9.80 Å². The normalized spacial score (nSPS) is 14.9. The van der Waals surface area contributed by atoms with Crippen LogP contribution in [0.15, 0.2) is 97.1 Å². The Labute approximate surface area is 217 Å². The van der Waals surface area contributed by atoms with E-state index in [9.17, 15) is 0 Å². The largest absolute Gasteiger partial charge is 0.318 e. The molecule has 1 fully saturated rings. The second kappa shape index (κ2) is 10.2. The minimum atomic E-state index is -0.229. The molecular formula is C34H38N2. The Morgan fingerprint density at radius 3 is 0.889 bits per heavy atom. The highest BCUT2D eigenvalue weighted by Crippen LogP contribution is 2.49. The van der Waals surface area contributed by atoms with Gasteiger partial charge in [-0.15, -0.1) is 0 Å². The summed E-state index contributed by atoms with van der Waals surface area (Å²) in [6.45, 7) is 8.67. The summed E-state index contributed by atoms with van der Waals surface area (Å²) in [5.41, 5.74) is 9.90. The molecule has 5 rings (SSSR count). The van der Waals surface area contributed by atoms with Crippen LogP contribution in [0.5, 0.6) is 0 Å². The maximum absolute atomic E-state index is 2.63. The molecule has 1 aliphatic carbocycles. The van der Waals surface area contributed by atoms with E-state index in [0.717, 1.165) is 12.8 Å². The average molecular weight is 475 g/mol. The van der Waals surface area contributed by atoms with Crippen molar-refractivity contribution in [3.05, 3.63) is 119 Å². The van der Waals surface area contributed by atoms with Gasteiger partial charge in [0.2, 0.25) is 0 Å². The minimum Gasteiger partial charge on any atom is -0.318 e. The zero-order valence-corrected chi connectivity index (χ0v) is 22.2. The Balaban J connectivity index is 1.78. The van der Waals surface area contributed by atoms with E-state index in [4.69, 9.17) is 0 Å². The maximum atomic E-state index is 2.63. The Bertz CT molecular complexity index is 1080. The SMILES string of the molecule is Cc1ccc(N(c2ccc(C)cc2)C2(N(c3ccc(C)cc3)c3ccc(C)cc3)CCCCC2)cc1. The van der Waals surface area contributed by atoms with E-state index in [1.54, 1.807) is 0 Å². The lowest BCUT2D eigenvalue weighted by Crippen LogP contribution is -2.59. The van der Waals surface area contributed by atoms with Crippen molar-refractivity contribution in [3.8, 4) is 0 Å². The molecule has 0 heterocycles. The molecule has 0 amide bonds. The summed E-state index contributed by atoms with van der Waals surface area (Å²) < 4.78 is 0. The zero-order chi connectivity index (χ0) is 25.1. The second-order valence-electron chi connectivity index (χ2n) is 10.6. The van der Waals surface area contributed by atoms with Crippen LogP contribution in [0, 0.1) is 27.7 Å². The molecule has 1 saturated carbocycles. The molecular weight excluding hydrogens is 436 g/mol. The van der Waals surface area contributed by atoms with E-state index in [2.05, 4.69) is 135 Å². The Morgan fingerprint density at radius 2 is 0.639 bits per heavy atom. The summed E-state index contributed by atoms with van der Waals surface area (Å²) in [5, 5.41) is 0. The molecule has 0 aliphatic heterocycles. The summed E-state index contributed by atoms with van der Waals surface area (Å²) >= 11 is 0. The Morgan fingerprint density at radius 1 is 0.389 bits per heavy atom. The number of nitrogens with zero attached hydrogens (tertiary/aromatic N) is 2. The van der Waals surface area contributed by atoms with Crippen molar-refractivity contribution in [1.82, 2.24) is 0 Å². The van der Waals surface area contributed by atoms with Crippen LogP contribution in [0.1, 0.15) is 54.4 Å². The van der Waals surface area contributed by atoms with E-state index < -0.39 is 0 Å². The average Bonchev–Trinajstić information content (AvgIpc) is 2.89. The van der Waals surface area contributed by atoms with Crippen LogP contribution in [-0.4, -0.2) is 5.66 Å². The van der Waals surface area contributed by atoms with Crippen LogP contribution in [0.25, 0.3) is 0 Å². The third-order valence-electron chi connectivity index (χ3n) is 7.66. The molecule has 2 heteroatoms. The van der Waals surface area contributed by atoms with Crippen LogP contribution in [0.3, 0.4) is 0 Å². The van der Waals surface area contributed by atoms with Gasteiger partial charge in [0.25, 0.3) is 0 Å². The first-order chi connectivity index (χ1) is 17.5. The smallest absolute Gasteiger partial charge is 0.122 e. The number of anilines is 4. The van der Waals surface area contributed by atoms with Crippen molar-refractivity contribution in [1.29, 1.82) is 0 Å². The summed E-state index contributed by atoms with van der Waals surface area (Å²) in [4.78, 5) is 5.26. The highest BCUT2D eigenvalue weighted by molar-refractivity contribution is 5.74. The second-order valence-corrected chi connectivity index (χ2v) is 10.6. The number of aryl methyl sites for hydroxylation is 4. The van der Waals surface area contributed by atoms with E-state index in [0.29, 0.717) is 0 Å². The number of hydrogen-bond acceptors (Lipinski definition) is 2. The fourth-order valence-corrected chi connectivity index (χ4v) is 5.70. The molecule has 0 aromatic heterocycles. The molecule has 1 aliphatic rings. The lowest BCUT2D eigenvalue weighted by atomic mass is 9.84. The summed E-state index contributed by atoms with van der Waals surface area (Å²) in [6, 6.07) is 36.4. The highest BCUT2D eigenvalue weighted by atomic mass is 15.4. The molecule has 0 atom stereocenters. The first-order valence-electron chi connectivity index (χ1n) is 13.3. The quantitative estimate of drug-likeness (QED) is 0.257. The van der Waals surface area contributed by atoms with E-state index in [-0.39, 0.29) is 5.66 Å². The lowest BCUT2D eigenvalue weighted by molar-refractivity contribution is 0.298. The molecule has 4 aromatic rings. The van der Waals surface area contributed by atoms with Gasteiger partial charge in [-0.3, -0.25) is 0 Å². The standard InChI is InChI=1S/C34H38N2/c1-26-8-16-30(17-9-26)35(31-18-10-27(2)11-19-31)34(24-6-5-7-25-34)36(32-20-12-28(3)13-21-32)33-22-14-29(4)15-23-33/h8-23H,5-7,24-25H2,1-4H3. The molecule has 2 nitrogen and oxygen atoms in total. The third-order valence-corrected chi connectivity index (χ3v) is 7.66. The van der Waals surface area contributed by atoms with Crippen molar-refractivity contribution in [2.45, 2.75) is 65.5 Å². The fourth-order valence-electron chi connectivity index (χ4n) is 5.70. The number of rotatable bonds is 6. The maximum Gasteiger partial charge on any atom is 0.122 e. The molecule has 0 bridgehead atoms. The monoisotopic (exact) mass is 474 g/mol. The van der Waals surface area contributed by atoms with Gasteiger partial charge < -0.3 is 9.80 Å². The minimum absolute atomic E-state index is 0.229. The Kier molecular flexibility index (Phi) is 6.87.